The van der Waals surface area contributed by atoms with Crippen molar-refractivity contribution in [3.05, 3.63) is 29.3 Å². The first-order chi connectivity index (χ1) is 8.70. The fourth-order valence-electron chi connectivity index (χ4n) is 1.95. The van der Waals surface area contributed by atoms with Gasteiger partial charge in [0, 0.05) is 13.0 Å². The van der Waals surface area contributed by atoms with Crippen molar-refractivity contribution in [2.45, 2.75) is 20.3 Å². The van der Waals surface area contributed by atoms with Crippen LogP contribution < -0.4 is 15.2 Å². The van der Waals surface area contributed by atoms with E-state index in [9.17, 15) is 0 Å². The van der Waals surface area contributed by atoms with Gasteiger partial charge < -0.3 is 15.2 Å². The molecule has 18 heavy (non-hydrogen) atoms. The van der Waals surface area contributed by atoms with Crippen LogP contribution in [0.2, 0.25) is 0 Å². The van der Waals surface area contributed by atoms with Crippen molar-refractivity contribution < 1.29 is 9.47 Å². The molecule has 0 aliphatic carbocycles. The molecular weight excluding hydrogens is 226 g/mol. The molecule has 0 bridgehead atoms. The lowest BCUT2D eigenvalue weighted by Gasteiger charge is -2.11. The molecule has 0 radical (unpaired) electrons. The van der Waals surface area contributed by atoms with Gasteiger partial charge in [0.15, 0.2) is 11.5 Å². The molecule has 1 aromatic rings. The zero-order valence-electron chi connectivity index (χ0n) is 11.1. The minimum atomic E-state index is 0.464. The largest absolute Gasteiger partial charge is 0.490 e. The third kappa shape index (κ3) is 3.05. The van der Waals surface area contributed by atoms with E-state index in [-0.39, 0.29) is 0 Å². The van der Waals surface area contributed by atoms with E-state index in [0.29, 0.717) is 19.1 Å². The monoisotopic (exact) mass is 247 g/mol. The summed E-state index contributed by atoms with van der Waals surface area (Å²) in [5, 5.41) is 0. The molecule has 1 heterocycles. The van der Waals surface area contributed by atoms with Crippen LogP contribution in [-0.2, 0) is 0 Å². The number of fused-ring (bicyclic) bond motifs is 1. The first-order valence-corrected chi connectivity index (χ1v) is 6.51. The normalized spacial score (nSPS) is 15.7. The Balaban J connectivity index is 2.27. The van der Waals surface area contributed by atoms with Crippen LogP contribution in [0.5, 0.6) is 11.5 Å². The number of rotatable bonds is 3. The Morgan fingerprint density at radius 3 is 2.67 bits per heavy atom. The third-order valence-electron chi connectivity index (χ3n) is 3.10. The lowest BCUT2D eigenvalue weighted by molar-refractivity contribution is 0.297. The second-order valence-electron chi connectivity index (χ2n) is 4.83. The Bertz CT molecular complexity index is 438. The zero-order chi connectivity index (χ0) is 13.0. The van der Waals surface area contributed by atoms with Crippen molar-refractivity contribution >= 4 is 6.08 Å². The fraction of sp³-hybridized carbons (Fsp3) is 0.467. The van der Waals surface area contributed by atoms with Crippen molar-refractivity contribution in [3.63, 3.8) is 0 Å². The van der Waals surface area contributed by atoms with Crippen LogP contribution in [0.3, 0.4) is 0 Å². The number of ether oxygens (including phenoxy) is 2. The Kier molecular flexibility index (Phi) is 4.26. The predicted octanol–water partition coefficient (Wildman–Crippen LogP) is 2.85. The van der Waals surface area contributed by atoms with E-state index >= 15 is 0 Å². The average Bonchev–Trinajstić information content (AvgIpc) is 2.60. The molecule has 0 spiro atoms. The summed E-state index contributed by atoms with van der Waals surface area (Å²) < 4.78 is 11.3. The van der Waals surface area contributed by atoms with Crippen molar-refractivity contribution in [3.8, 4) is 11.5 Å². The van der Waals surface area contributed by atoms with Gasteiger partial charge in [-0.05, 0) is 23.6 Å². The molecule has 3 nitrogen and oxygen atoms in total. The molecule has 2 rings (SSSR count). The maximum absolute atomic E-state index is 5.76. The molecule has 0 saturated carbocycles. The molecule has 3 heteroatoms. The van der Waals surface area contributed by atoms with Gasteiger partial charge in [-0.2, -0.15) is 0 Å². The summed E-state index contributed by atoms with van der Waals surface area (Å²) in [6.45, 7) is 6.34. The molecule has 1 aliphatic rings. The van der Waals surface area contributed by atoms with Crippen LogP contribution in [-0.4, -0.2) is 19.8 Å². The SMILES string of the molecule is CC(C)C(=Cc1ccc2c(c1)OCCCO2)CN. The van der Waals surface area contributed by atoms with Gasteiger partial charge in [0.05, 0.1) is 13.2 Å². The Labute approximate surface area is 109 Å². The predicted molar refractivity (Wildman–Crippen MR) is 73.9 cm³/mol. The quantitative estimate of drug-likeness (QED) is 0.893. The summed E-state index contributed by atoms with van der Waals surface area (Å²) in [4.78, 5) is 0. The van der Waals surface area contributed by atoms with Crippen LogP contribution in [0, 0.1) is 5.92 Å². The summed E-state index contributed by atoms with van der Waals surface area (Å²) in [7, 11) is 0. The van der Waals surface area contributed by atoms with Crippen LogP contribution in [0.25, 0.3) is 6.08 Å². The van der Waals surface area contributed by atoms with Gasteiger partial charge in [0.25, 0.3) is 0 Å². The topological polar surface area (TPSA) is 44.5 Å². The Morgan fingerprint density at radius 2 is 2.00 bits per heavy atom. The third-order valence-corrected chi connectivity index (χ3v) is 3.10. The second-order valence-corrected chi connectivity index (χ2v) is 4.83. The van der Waals surface area contributed by atoms with Crippen LogP contribution in [0.4, 0.5) is 0 Å². The maximum Gasteiger partial charge on any atom is 0.161 e. The van der Waals surface area contributed by atoms with Gasteiger partial charge in [0.1, 0.15) is 0 Å². The minimum Gasteiger partial charge on any atom is -0.490 e. The Hall–Kier alpha value is -1.48. The highest BCUT2D eigenvalue weighted by molar-refractivity contribution is 5.58. The van der Waals surface area contributed by atoms with E-state index in [1.54, 1.807) is 0 Å². The van der Waals surface area contributed by atoms with Gasteiger partial charge in [-0.15, -0.1) is 0 Å². The van der Waals surface area contributed by atoms with Gasteiger partial charge in [-0.3, -0.25) is 0 Å². The molecule has 1 aliphatic heterocycles. The molecule has 0 atom stereocenters. The van der Waals surface area contributed by atoms with Gasteiger partial charge in [-0.1, -0.05) is 31.6 Å². The van der Waals surface area contributed by atoms with Crippen LogP contribution in [0.1, 0.15) is 25.8 Å². The molecule has 1 aromatic carbocycles. The van der Waals surface area contributed by atoms with Crippen LogP contribution in [0.15, 0.2) is 23.8 Å². The number of hydrogen-bond donors (Lipinski definition) is 1. The number of hydrogen-bond acceptors (Lipinski definition) is 3. The second kappa shape index (κ2) is 5.91. The summed E-state index contributed by atoms with van der Waals surface area (Å²) in [5.74, 6) is 2.14. The molecule has 98 valence electrons. The lowest BCUT2D eigenvalue weighted by Crippen LogP contribution is -2.08. The molecular formula is C15H21NO2. The highest BCUT2D eigenvalue weighted by atomic mass is 16.5. The van der Waals surface area contributed by atoms with Gasteiger partial charge in [-0.25, -0.2) is 0 Å². The molecule has 0 saturated heterocycles. The number of nitrogens with two attached hydrogens (primary N) is 1. The van der Waals surface area contributed by atoms with Gasteiger partial charge in [0.2, 0.25) is 0 Å². The first kappa shape index (κ1) is 13.0. The minimum absolute atomic E-state index is 0.464. The number of benzene rings is 1. The molecule has 0 amide bonds. The van der Waals surface area contributed by atoms with E-state index in [1.807, 2.05) is 18.2 Å². The van der Waals surface area contributed by atoms with Crippen LogP contribution >= 0.6 is 0 Å². The first-order valence-electron chi connectivity index (χ1n) is 6.51. The summed E-state index contributed by atoms with van der Waals surface area (Å²) >= 11 is 0. The van der Waals surface area contributed by atoms with Crippen molar-refractivity contribution in [2.24, 2.45) is 11.7 Å². The van der Waals surface area contributed by atoms with E-state index in [2.05, 4.69) is 19.9 Å². The standard InChI is InChI=1S/C15H21NO2/c1-11(2)13(10-16)8-12-4-5-14-15(9-12)18-7-3-6-17-14/h4-5,8-9,11H,3,6-7,10,16H2,1-2H3. The maximum atomic E-state index is 5.76. The smallest absolute Gasteiger partial charge is 0.161 e. The summed E-state index contributed by atoms with van der Waals surface area (Å²) in [6, 6.07) is 6.05. The Morgan fingerprint density at radius 1 is 1.28 bits per heavy atom. The molecule has 0 unspecified atom stereocenters. The highest BCUT2D eigenvalue weighted by Crippen LogP contribution is 2.31. The molecule has 0 aromatic heterocycles. The van der Waals surface area contributed by atoms with E-state index in [0.717, 1.165) is 30.1 Å². The zero-order valence-corrected chi connectivity index (χ0v) is 11.1. The average molecular weight is 247 g/mol. The fourth-order valence-corrected chi connectivity index (χ4v) is 1.95. The molecule has 0 fully saturated rings. The van der Waals surface area contributed by atoms with Gasteiger partial charge >= 0.3 is 0 Å². The van der Waals surface area contributed by atoms with E-state index in [1.165, 1.54) is 5.57 Å². The van der Waals surface area contributed by atoms with Crippen molar-refractivity contribution in [1.82, 2.24) is 0 Å². The lowest BCUT2D eigenvalue weighted by atomic mass is 10.0. The molecule has 2 N–H and O–H groups in total. The highest BCUT2D eigenvalue weighted by Gasteiger charge is 2.10. The van der Waals surface area contributed by atoms with E-state index in [4.69, 9.17) is 15.2 Å². The van der Waals surface area contributed by atoms with Crippen molar-refractivity contribution in [2.75, 3.05) is 19.8 Å². The van der Waals surface area contributed by atoms with Crippen molar-refractivity contribution in [1.29, 1.82) is 0 Å². The summed E-state index contributed by atoms with van der Waals surface area (Å²) in [5.41, 5.74) is 8.12. The summed E-state index contributed by atoms with van der Waals surface area (Å²) in [6.07, 6.45) is 3.07. The van der Waals surface area contributed by atoms with E-state index < -0.39 is 0 Å².